The first-order valence-corrected chi connectivity index (χ1v) is 12.0. The summed E-state index contributed by atoms with van der Waals surface area (Å²) >= 11 is 6.85. The lowest BCUT2D eigenvalue weighted by Gasteiger charge is -2.29. The van der Waals surface area contributed by atoms with Crippen LogP contribution in [0.5, 0.6) is 5.75 Å². The molecular weight excluding hydrogens is 484 g/mol. The van der Waals surface area contributed by atoms with Crippen molar-refractivity contribution in [2.24, 2.45) is 0 Å². The van der Waals surface area contributed by atoms with E-state index in [1.54, 1.807) is 0 Å². The fourth-order valence-corrected chi connectivity index (χ4v) is 5.28. The van der Waals surface area contributed by atoms with Gasteiger partial charge in [0.1, 0.15) is 10.2 Å². The van der Waals surface area contributed by atoms with Crippen LogP contribution in [-0.2, 0) is 14.8 Å². The Morgan fingerprint density at radius 1 is 1.19 bits per heavy atom. The van der Waals surface area contributed by atoms with Crippen molar-refractivity contribution >= 4 is 44.0 Å². The zero-order chi connectivity index (χ0) is 22.9. The number of carbonyl (C=O) groups excluding carboxylic acids is 1. The van der Waals surface area contributed by atoms with Gasteiger partial charge in [0.05, 0.1) is 11.1 Å². The van der Waals surface area contributed by atoms with E-state index in [1.165, 1.54) is 34.8 Å². The van der Waals surface area contributed by atoms with E-state index in [1.807, 2.05) is 0 Å². The zero-order valence-corrected chi connectivity index (χ0v) is 18.7. The first-order valence-electron chi connectivity index (χ1n) is 9.38. The molecule has 1 amide bonds. The fourth-order valence-electron chi connectivity index (χ4n) is 2.95. The smallest absolute Gasteiger partial charge is 0.271 e. The van der Waals surface area contributed by atoms with Gasteiger partial charge in [0, 0.05) is 24.7 Å². The Morgan fingerprint density at radius 3 is 2.47 bits per heavy atom. The first kappa shape index (κ1) is 22.6. The van der Waals surface area contributed by atoms with Gasteiger partial charge in [-0.3, -0.25) is 10.1 Å². The number of sulfonamides is 1. The van der Waals surface area contributed by atoms with Crippen LogP contribution >= 0.6 is 22.9 Å². The van der Waals surface area contributed by atoms with E-state index in [-0.39, 0.29) is 21.3 Å². The van der Waals surface area contributed by atoms with Gasteiger partial charge in [-0.25, -0.2) is 22.2 Å². The van der Waals surface area contributed by atoms with Crippen LogP contribution in [0, 0.1) is 11.6 Å². The highest BCUT2D eigenvalue weighted by Crippen LogP contribution is 2.30. The van der Waals surface area contributed by atoms with Crippen LogP contribution < -0.4 is 10.1 Å². The molecule has 1 unspecified atom stereocenters. The zero-order valence-electron chi connectivity index (χ0n) is 16.3. The Balaban J connectivity index is 1.63. The van der Waals surface area contributed by atoms with Crippen molar-refractivity contribution in [2.75, 3.05) is 18.4 Å². The highest BCUT2D eigenvalue weighted by Gasteiger charge is 2.30. The molecular formula is C20H16ClF2N3O4S2. The average molecular weight is 500 g/mol. The molecule has 1 N–H and O–H groups in total. The van der Waals surface area contributed by atoms with Crippen LogP contribution in [0.25, 0.3) is 0 Å². The lowest BCUT2D eigenvalue weighted by molar-refractivity contribution is -0.123. The van der Waals surface area contributed by atoms with E-state index in [0.29, 0.717) is 23.5 Å². The summed E-state index contributed by atoms with van der Waals surface area (Å²) in [7, 11) is -3.61. The van der Waals surface area contributed by atoms with Crippen LogP contribution in [0.1, 0.15) is 18.1 Å². The average Bonchev–Trinajstić information content (AvgIpc) is 3.10. The maximum absolute atomic E-state index is 14.2. The minimum Gasteiger partial charge on any atom is -0.473 e. The molecule has 1 atom stereocenters. The number of benzene rings is 2. The van der Waals surface area contributed by atoms with Crippen molar-refractivity contribution in [1.82, 2.24) is 9.29 Å². The van der Waals surface area contributed by atoms with E-state index in [0.717, 1.165) is 29.9 Å². The van der Waals surface area contributed by atoms with E-state index in [9.17, 15) is 22.0 Å². The van der Waals surface area contributed by atoms with Gasteiger partial charge in [-0.05, 0) is 30.7 Å². The predicted octanol–water partition coefficient (Wildman–Crippen LogP) is 4.23. The van der Waals surface area contributed by atoms with Crippen molar-refractivity contribution in [1.29, 1.82) is 0 Å². The maximum Gasteiger partial charge on any atom is 0.271 e. The third-order valence-corrected chi connectivity index (χ3v) is 7.66. The standard InChI is InChI=1S/C20H16ClF2N3O4S2/c21-17-11-24-20(31-17)25-19(27)18(30-16-7-4-13(22)10-15(16)23)12-2-5-14(6-3-12)32(28,29)26-8-1-9-26/h2-7,10-11,18H,1,8-9H2,(H,24,25,27). The van der Waals surface area contributed by atoms with Crippen LogP contribution in [-0.4, -0.2) is 36.7 Å². The highest BCUT2D eigenvalue weighted by molar-refractivity contribution is 7.89. The molecule has 0 aliphatic carbocycles. The minimum absolute atomic E-state index is 0.0692. The van der Waals surface area contributed by atoms with Crippen molar-refractivity contribution < 1.29 is 26.7 Å². The van der Waals surface area contributed by atoms with Crippen LogP contribution in [0.15, 0.2) is 53.6 Å². The second kappa shape index (κ2) is 9.10. The van der Waals surface area contributed by atoms with Gasteiger partial charge in [-0.15, -0.1) is 0 Å². The maximum atomic E-state index is 14.2. The number of halogens is 3. The summed E-state index contributed by atoms with van der Waals surface area (Å²) in [5, 5.41) is 2.73. The molecule has 7 nitrogen and oxygen atoms in total. The molecule has 168 valence electrons. The number of hydrogen-bond donors (Lipinski definition) is 1. The molecule has 1 saturated heterocycles. The molecule has 0 bridgehead atoms. The largest absolute Gasteiger partial charge is 0.473 e. The summed E-state index contributed by atoms with van der Waals surface area (Å²) in [5.41, 5.74) is 0.261. The summed E-state index contributed by atoms with van der Waals surface area (Å²) < 4.78 is 59.8. The van der Waals surface area contributed by atoms with Crippen molar-refractivity contribution in [3.8, 4) is 5.75 Å². The molecule has 32 heavy (non-hydrogen) atoms. The number of thiazole rings is 1. The number of aromatic nitrogens is 1. The summed E-state index contributed by atoms with van der Waals surface area (Å²) in [4.78, 5) is 16.9. The molecule has 12 heteroatoms. The van der Waals surface area contributed by atoms with Gasteiger partial charge in [-0.1, -0.05) is 35.1 Å². The van der Waals surface area contributed by atoms with Crippen LogP contribution in [0.3, 0.4) is 0 Å². The summed E-state index contributed by atoms with van der Waals surface area (Å²) in [5.74, 6) is -2.83. The molecule has 1 aromatic heterocycles. The van der Waals surface area contributed by atoms with Crippen molar-refractivity contribution in [3.63, 3.8) is 0 Å². The number of nitrogens with zero attached hydrogens (tertiary/aromatic N) is 2. The van der Waals surface area contributed by atoms with E-state index < -0.39 is 33.7 Å². The second-order valence-corrected chi connectivity index (χ2v) is 10.5. The topological polar surface area (TPSA) is 88.6 Å². The van der Waals surface area contributed by atoms with E-state index in [4.69, 9.17) is 16.3 Å². The Labute approximate surface area is 191 Å². The number of amides is 1. The summed E-state index contributed by atoms with van der Waals surface area (Å²) in [6, 6.07) is 8.22. The Kier molecular flexibility index (Phi) is 6.42. The predicted molar refractivity (Wildman–Crippen MR) is 115 cm³/mol. The van der Waals surface area contributed by atoms with E-state index >= 15 is 0 Å². The van der Waals surface area contributed by atoms with Crippen LogP contribution in [0.4, 0.5) is 13.9 Å². The lowest BCUT2D eigenvalue weighted by atomic mass is 10.1. The fraction of sp³-hybridized carbons (Fsp3) is 0.200. The molecule has 1 fully saturated rings. The van der Waals surface area contributed by atoms with Gasteiger partial charge in [0.25, 0.3) is 5.91 Å². The number of hydrogen-bond acceptors (Lipinski definition) is 6. The molecule has 2 heterocycles. The Morgan fingerprint density at radius 2 is 1.91 bits per heavy atom. The lowest BCUT2D eigenvalue weighted by Crippen LogP contribution is -2.41. The van der Waals surface area contributed by atoms with Gasteiger partial charge in [-0.2, -0.15) is 4.31 Å². The van der Waals surface area contributed by atoms with Gasteiger partial charge >= 0.3 is 0 Å². The first-order chi connectivity index (χ1) is 15.2. The molecule has 2 aromatic carbocycles. The van der Waals surface area contributed by atoms with Gasteiger partial charge < -0.3 is 4.74 Å². The van der Waals surface area contributed by atoms with Gasteiger partial charge in [0.15, 0.2) is 16.7 Å². The van der Waals surface area contributed by atoms with Crippen LogP contribution in [0.2, 0.25) is 4.34 Å². The number of rotatable bonds is 7. The Bertz CT molecular complexity index is 1250. The molecule has 1 aliphatic rings. The highest BCUT2D eigenvalue weighted by atomic mass is 35.5. The van der Waals surface area contributed by atoms with E-state index in [2.05, 4.69) is 10.3 Å². The Hall–Kier alpha value is -2.60. The third kappa shape index (κ3) is 4.75. The molecule has 0 saturated carbocycles. The van der Waals surface area contributed by atoms with Gasteiger partial charge in [0.2, 0.25) is 16.1 Å². The minimum atomic E-state index is -3.61. The number of anilines is 1. The number of carbonyl (C=O) groups is 1. The molecule has 1 aliphatic heterocycles. The SMILES string of the molecule is O=C(Nc1ncc(Cl)s1)C(Oc1ccc(F)cc1F)c1ccc(S(=O)(=O)N2CCC2)cc1. The number of ether oxygens (including phenoxy) is 1. The van der Waals surface area contributed by atoms with Crippen molar-refractivity contribution in [3.05, 3.63) is 70.2 Å². The number of nitrogens with one attached hydrogen (secondary N) is 1. The summed E-state index contributed by atoms with van der Waals surface area (Å²) in [6.45, 7) is 0.914. The monoisotopic (exact) mass is 499 g/mol. The van der Waals surface area contributed by atoms with Crippen molar-refractivity contribution in [2.45, 2.75) is 17.4 Å². The summed E-state index contributed by atoms with van der Waals surface area (Å²) in [6.07, 6.45) is 0.780. The molecule has 3 aromatic rings. The third-order valence-electron chi connectivity index (χ3n) is 4.72. The molecule has 0 radical (unpaired) electrons. The molecule has 0 spiro atoms. The normalized spacial score (nSPS) is 15.1. The second-order valence-electron chi connectivity index (χ2n) is 6.86. The molecule has 4 rings (SSSR count). The quantitative estimate of drug-likeness (QED) is 0.525.